The molecule has 0 spiro atoms. The number of benzene rings is 5. The molecule has 1 heterocycles. The zero-order valence-corrected chi connectivity index (χ0v) is 19.9. The Kier molecular flexibility index (Phi) is 5.70. The molecule has 6 rings (SSSR count). The second kappa shape index (κ2) is 9.29. The third-order valence-electron chi connectivity index (χ3n) is 6.43. The van der Waals surface area contributed by atoms with Crippen LogP contribution in [0.2, 0.25) is 5.02 Å². The first-order valence-electron chi connectivity index (χ1n) is 11.8. The van der Waals surface area contributed by atoms with Gasteiger partial charge in [-0.15, -0.1) is 0 Å². The highest BCUT2D eigenvalue weighted by Gasteiger charge is 2.12. The summed E-state index contributed by atoms with van der Waals surface area (Å²) in [5.74, 6) is 0. The third-order valence-corrected chi connectivity index (χ3v) is 6.68. The topological polar surface area (TPSA) is 13.1 Å². The lowest BCUT2D eigenvalue weighted by atomic mass is 9.94. The Hall–Kier alpha value is -4.07. The monoisotopic (exact) mass is 470 g/mol. The highest BCUT2D eigenvalue weighted by molar-refractivity contribution is 6.30. The molecule has 6 aromatic rings. The summed E-state index contributed by atoms with van der Waals surface area (Å²) in [6.45, 7) is 0. The van der Waals surface area contributed by atoms with Gasteiger partial charge in [0.15, 0.2) is 0 Å². The number of rotatable bonds is 5. The normalized spacial score (nSPS) is 11.9. The van der Waals surface area contributed by atoms with Gasteiger partial charge < -0.3 is 4.42 Å². The first-order valence-corrected chi connectivity index (χ1v) is 12.1. The molecule has 2 heteroatoms. The van der Waals surface area contributed by atoms with Gasteiger partial charge in [0, 0.05) is 15.8 Å². The van der Waals surface area contributed by atoms with Crippen molar-refractivity contribution in [1.29, 1.82) is 0 Å². The van der Waals surface area contributed by atoms with Crippen LogP contribution in [-0.2, 0) is 6.42 Å². The summed E-state index contributed by atoms with van der Waals surface area (Å²) < 4.78 is 6.26. The van der Waals surface area contributed by atoms with Gasteiger partial charge in [-0.1, -0.05) is 103 Å². The van der Waals surface area contributed by atoms with Crippen molar-refractivity contribution in [2.75, 3.05) is 0 Å². The molecule has 1 nitrogen and oxygen atoms in total. The second-order valence-electron chi connectivity index (χ2n) is 8.70. The number of fused-ring (bicyclic) bond motifs is 3. The van der Waals surface area contributed by atoms with E-state index in [9.17, 15) is 0 Å². The van der Waals surface area contributed by atoms with E-state index in [1.54, 1.807) is 0 Å². The van der Waals surface area contributed by atoms with Gasteiger partial charge in [-0.05, 0) is 76.2 Å². The van der Waals surface area contributed by atoms with Crippen LogP contribution in [0.1, 0.15) is 16.7 Å². The Bertz CT molecular complexity index is 1640. The zero-order valence-electron chi connectivity index (χ0n) is 19.1. The van der Waals surface area contributed by atoms with E-state index in [0.29, 0.717) is 0 Å². The highest BCUT2D eigenvalue weighted by Crippen LogP contribution is 2.35. The Labute approximate surface area is 209 Å². The zero-order chi connectivity index (χ0) is 23.6. The summed E-state index contributed by atoms with van der Waals surface area (Å²) in [6.07, 6.45) is 3.20. The highest BCUT2D eigenvalue weighted by atomic mass is 35.5. The standard InChI is InChI=1S/C33H23ClO/c34-28-16-12-24(13-17-28)26-14-19-30-31-21-27(15-20-32(31)35-33(30)22-26)29(25-9-5-2-6-10-25)18-11-23-7-3-1-4-8-23/h1-10,12-22H,11H2/b29-18-. The van der Waals surface area contributed by atoms with Crippen molar-refractivity contribution >= 4 is 39.1 Å². The predicted octanol–water partition coefficient (Wildman–Crippen LogP) is 9.58. The summed E-state index contributed by atoms with van der Waals surface area (Å²) in [5.41, 5.74) is 8.93. The Balaban J connectivity index is 1.44. The van der Waals surface area contributed by atoms with Gasteiger partial charge in [-0.3, -0.25) is 0 Å². The van der Waals surface area contributed by atoms with E-state index >= 15 is 0 Å². The molecule has 0 aliphatic carbocycles. The molecule has 0 bridgehead atoms. The molecule has 168 valence electrons. The van der Waals surface area contributed by atoms with Crippen LogP contribution in [0.15, 0.2) is 132 Å². The first kappa shape index (κ1) is 21.5. The Morgan fingerprint density at radius 1 is 0.600 bits per heavy atom. The van der Waals surface area contributed by atoms with Gasteiger partial charge in [0.25, 0.3) is 0 Å². The van der Waals surface area contributed by atoms with Gasteiger partial charge in [0.1, 0.15) is 11.2 Å². The van der Waals surface area contributed by atoms with Crippen molar-refractivity contribution < 1.29 is 4.42 Å². The lowest BCUT2D eigenvalue weighted by molar-refractivity contribution is 0.669. The van der Waals surface area contributed by atoms with Crippen LogP contribution in [-0.4, -0.2) is 0 Å². The summed E-state index contributed by atoms with van der Waals surface area (Å²) >= 11 is 6.07. The van der Waals surface area contributed by atoms with Gasteiger partial charge in [0.2, 0.25) is 0 Å². The number of hydrogen-bond donors (Lipinski definition) is 0. The van der Waals surface area contributed by atoms with Gasteiger partial charge in [-0.25, -0.2) is 0 Å². The van der Waals surface area contributed by atoms with E-state index < -0.39 is 0 Å². The summed E-state index contributed by atoms with van der Waals surface area (Å²) in [7, 11) is 0. The molecular formula is C33H23ClO. The Morgan fingerprint density at radius 2 is 1.31 bits per heavy atom. The fourth-order valence-electron chi connectivity index (χ4n) is 4.62. The first-order chi connectivity index (χ1) is 17.2. The lowest BCUT2D eigenvalue weighted by Crippen LogP contribution is -1.90. The molecule has 5 aromatic carbocycles. The third kappa shape index (κ3) is 4.39. The van der Waals surface area contributed by atoms with Crippen LogP contribution in [0.3, 0.4) is 0 Å². The number of allylic oxidation sites excluding steroid dienone is 1. The molecule has 0 saturated carbocycles. The molecule has 0 aliphatic heterocycles. The van der Waals surface area contributed by atoms with Crippen LogP contribution >= 0.6 is 11.6 Å². The van der Waals surface area contributed by atoms with Crippen LogP contribution in [0.4, 0.5) is 0 Å². The van der Waals surface area contributed by atoms with E-state index in [1.165, 1.54) is 22.3 Å². The molecule has 35 heavy (non-hydrogen) atoms. The lowest BCUT2D eigenvalue weighted by Gasteiger charge is -2.09. The molecule has 0 atom stereocenters. The van der Waals surface area contributed by atoms with Gasteiger partial charge >= 0.3 is 0 Å². The quantitative estimate of drug-likeness (QED) is 0.244. The number of furan rings is 1. The minimum absolute atomic E-state index is 0.737. The molecule has 0 radical (unpaired) electrons. The molecule has 0 unspecified atom stereocenters. The molecule has 1 aromatic heterocycles. The van der Waals surface area contributed by atoms with E-state index in [0.717, 1.165) is 44.5 Å². The van der Waals surface area contributed by atoms with Crippen LogP contribution in [0.25, 0.3) is 38.6 Å². The van der Waals surface area contributed by atoms with Crippen LogP contribution in [0.5, 0.6) is 0 Å². The maximum Gasteiger partial charge on any atom is 0.136 e. The fraction of sp³-hybridized carbons (Fsp3) is 0.0303. The molecule has 0 saturated heterocycles. The largest absolute Gasteiger partial charge is 0.456 e. The average molecular weight is 471 g/mol. The molecular weight excluding hydrogens is 448 g/mol. The predicted molar refractivity (Wildman–Crippen MR) is 148 cm³/mol. The number of hydrogen-bond acceptors (Lipinski definition) is 1. The minimum Gasteiger partial charge on any atom is -0.456 e. The maximum atomic E-state index is 6.26. The summed E-state index contributed by atoms with van der Waals surface area (Å²) in [5, 5.41) is 2.98. The molecule has 0 fully saturated rings. The minimum atomic E-state index is 0.737. The van der Waals surface area contributed by atoms with E-state index in [4.69, 9.17) is 16.0 Å². The molecule has 0 amide bonds. The van der Waals surface area contributed by atoms with Crippen molar-refractivity contribution in [2.45, 2.75) is 6.42 Å². The van der Waals surface area contributed by atoms with E-state index in [-0.39, 0.29) is 0 Å². The van der Waals surface area contributed by atoms with Crippen molar-refractivity contribution in [1.82, 2.24) is 0 Å². The number of halogens is 1. The maximum absolute atomic E-state index is 6.26. The van der Waals surface area contributed by atoms with Gasteiger partial charge in [-0.2, -0.15) is 0 Å². The van der Waals surface area contributed by atoms with E-state index in [2.05, 4.69) is 103 Å². The van der Waals surface area contributed by atoms with Crippen molar-refractivity contribution in [2.24, 2.45) is 0 Å². The summed E-state index contributed by atoms with van der Waals surface area (Å²) in [4.78, 5) is 0. The summed E-state index contributed by atoms with van der Waals surface area (Å²) in [6, 6.07) is 42.0. The van der Waals surface area contributed by atoms with Crippen LogP contribution < -0.4 is 0 Å². The smallest absolute Gasteiger partial charge is 0.136 e. The second-order valence-corrected chi connectivity index (χ2v) is 9.14. The van der Waals surface area contributed by atoms with E-state index in [1.807, 2.05) is 24.3 Å². The van der Waals surface area contributed by atoms with Crippen LogP contribution in [0, 0.1) is 0 Å². The SMILES string of the molecule is Clc1ccc(-c2ccc3c(c2)oc2ccc(/C(=C\Cc4ccccc4)c4ccccc4)cc23)cc1. The van der Waals surface area contributed by atoms with Crippen molar-refractivity contribution in [3.63, 3.8) is 0 Å². The molecule has 0 aliphatic rings. The van der Waals surface area contributed by atoms with Crippen molar-refractivity contribution in [3.8, 4) is 11.1 Å². The Morgan fingerprint density at radius 3 is 2.09 bits per heavy atom. The van der Waals surface area contributed by atoms with Gasteiger partial charge in [0.05, 0.1) is 0 Å². The van der Waals surface area contributed by atoms with Crippen molar-refractivity contribution in [3.05, 3.63) is 149 Å². The average Bonchev–Trinajstić information content (AvgIpc) is 3.28. The molecule has 0 N–H and O–H groups in total. The fourth-order valence-corrected chi connectivity index (χ4v) is 4.75.